The number of hydrogen-bond acceptors (Lipinski definition) is 3. The molecule has 20 heavy (non-hydrogen) atoms. The molecule has 1 N–H and O–H groups in total. The summed E-state index contributed by atoms with van der Waals surface area (Å²) in [4.78, 5) is 3.58. The van der Waals surface area contributed by atoms with Crippen LogP contribution in [0.2, 0.25) is 0 Å². The van der Waals surface area contributed by atoms with E-state index in [1.54, 1.807) is 11.3 Å². The first-order valence-corrected chi connectivity index (χ1v) is 7.46. The van der Waals surface area contributed by atoms with Crippen molar-refractivity contribution in [2.75, 3.05) is 13.7 Å². The van der Waals surface area contributed by atoms with Crippen LogP contribution in [0.15, 0.2) is 35.7 Å². The number of rotatable bonds is 4. The largest absolute Gasteiger partial charge is 0.384 e. The Morgan fingerprint density at radius 2 is 1.95 bits per heavy atom. The topological polar surface area (TPSA) is 23.5 Å². The van der Waals surface area contributed by atoms with E-state index < -0.39 is 0 Å². The van der Waals surface area contributed by atoms with Crippen LogP contribution in [0.4, 0.5) is 0 Å². The van der Waals surface area contributed by atoms with Crippen molar-refractivity contribution in [2.24, 2.45) is 0 Å². The minimum Gasteiger partial charge on any atom is -0.384 e. The van der Waals surface area contributed by atoms with Gasteiger partial charge in [0.15, 0.2) is 0 Å². The molecule has 0 aliphatic carbocycles. The zero-order valence-corrected chi connectivity index (χ0v) is 12.7. The molecular weight excluding hydrogens is 266 g/mol. The third-order valence-electron chi connectivity index (χ3n) is 2.96. The molecule has 2 rings (SSSR count). The van der Waals surface area contributed by atoms with Crippen LogP contribution in [0.1, 0.15) is 21.6 Å². The third kappa shape index (κ3) is 4.50. The molecule has 0 aliphatic heterocycles. The summed E-state index contributed by atoms with van der Waals surface area (Å²) in [6.45, 7) is 3.88. The second kappa shape index (κ2) is 7.25. The molecule has 1 heterocycles. The van der Waals surface area contributed by atoms with Crippen molar-refractivity contribution in [2.45, 2.75) is 20.0 Å². The molecule has 0 fully saturated rings. The monoisotopic (exact) mass is 285 g/mol. The first kappa shape index (κ1) is 14.8. The second-order valence-corrected chi connectivity index (χ2v) is 5.92. The van der Waals surface area contributed by atoms with E-state index in [0.29, 0.717) is 0 Å². The average molecular weight is 285 g/mol. The molecule has 0 spiro atoms. The minimum absolute atomic E-state index is 0.0848. The van der Waals surface area contributed by atoms with Gasteiger partial charge in [0, 0.05) is 28.9 Å². The van der Waals surface area contributed by atoms with Gasteiger partial charge >= 0.3 is 0 Å². The highest BCUT2D eigenvalue weighted by atomic mass is 32.1. The van der Waals surface area contributed by atoms with Crippen molar-refractivity contribution in [1.82, 2.24) is 4.90 Å². The van der Waals surface area contributed by atoms with Gasteiger partial charge < -0.3 is 5.11 Å². The smallest absolute Gasteiger partial charge is 0.104 e. The third-order valence-corrected chi connectivity index (χ3v) is 3.89. The summed E-state index contributed by atoms with van der Waals surface area (Å²) >= 11 is 1.72. The van der Waals surface area contributed by atoms with Gasteiger partial charge in [-0.1, -0.05) is 41.7 Å². The van der Waals surface area contributed by atoms with Crippen molar-refractivity contribution >= 4 is 11.3 Å². The van der Waals surface area contributed by atoms with E-state index >= 15 is 0 Å². The van der Waals surface area contributed by atoms with E-state index in [1.807, 2.05) is 5.38 Å². The van der Waals surface area contributed by atoms with Gasteiger partial charge in [0.2, 0.25) is 0 Å². The highest BCUT2D eigenvalue weighted by molar-refractivity contribution is 7.10. The van der Waals surface area contributed by atoms with Crippen molar-refractivity contribution < 1.29 is 5.11 Å². The standard InChI is InChI=1S/C17H19NOS/c1-14-5-7-15(8-6-14)11-18(2)12-17-10-16(13-20-17)4-3-9-19/h5-8,10,13,19H,9,11-12H2,1-2H3. The lowest BCUT2D eigenvalue weighted by atomic mass is 10.1. The van der Waals surface area contributed by atoms with Crippen LogP contribution in [0.5, 0.6) is 0 Å². The Labute approximate surface area is 124 Å². The van der Waals surface area contributed by atoms with Crippen LogP contribution in [0, 0.1) is 18.8 Å². The van der Waals surface area contributed by atoms with E-state index in [1.165, 1.54) is 16.0 Å². The fourth-order valence-electron chi connectivity index (χ4n) is 2.00. The predicted molar refractivity (Wildman–Crippen MR) is 84.6 cm³/mol. The second-order valence-electron chi connectivity index (χ2n) is 4.92. The molecule has 2 nitrogen and oxygen atoms in total. The lowest BCUT2D eigenvalue weighted by molar-refractivity contribution is 0.322. The Bertz CT molecular complexity index is 604. The first-order chi connectivity index (χ1) is 9.67. The van der Waals surface area contributed by atoms with Crippen molar-refractivity contribution in [3.63, 3.8) is 0 Å². The zero-order valence-electron chi connectivity index (χ0n) is 11.9. The van der Waals surface area contributed by atoms with Crippen LogP contribution >= 0.6 is 11.3 Å². The molecule has 0 aliphatic rings. The summed E-state index contributed by atoms with van der Waals surface area (Å²) < 4.78 is 0. The SMILES string of the molecule is Cc1ccc(CN(C)Cc2cc(C#CCO)cs2)cc1. The molecule has 0 saturated carbocycles. The summed E-state index contributed by atoms with van der Waals surface area (Å²) in [5, 5.41) is 10.7. The van der Waals surface area contributed by atoms with Gasteiger partial charge in [0.1, 0.15) is 6.61 Å². The first-order valence-electron chi connectivity index (χ1n) is 6.58. The highest BCUT2D eigenvalue weighted by Crippen LogP contribution is 2.17. The number of nitrogens with zero attached hydrogens (tertiary/aromatic N) is 1. The zero-order chi connectivity index (χ0) is 14.4. The van der Waals surface area contributed by atoms with Gasteiger partial charge in [-0.2, -0.15) is 0 Å². The van der Waals surface area contributed by atoms with Crippen LogP contribution in [-0.2, 0) is 13.1 Å². The quantitative estimate of drug-likeness (QED) is 0.873. The van der Waals surface area contributed by atoms with E-state index in [2.05, 4.69) is 61.0 Å². The summed E-state index contributed by atoms with van der Waals surface area (Å²) in [6.07, 6.45) is 0. The Balaban J connectivity index is 1.92. The van der Waals surface area contributed by atoms with E-state index in [4.69, 9.17) is 5.11 Å². The summed E-state index contributed by atoms with van der Waals surface area (Å²) in [7, 11) is 2.12. The molecule has 3 heteroatoms. The Morgan fingerprint density at radius 3 is 2.65 bits per heavy atom. The Hall–Kier alpha value is -1.60. The number of benzene rings is 1. The summed E-state index contributed by atoms with van der Waals surface area (Å²) in [5.74, 6) is 5.61. The molecule has 0 atom stereocenters. The predicted octanol–water partition coefficient (Wildman–Crippen LogP) is 3.03. The van der Waals surface area contributed by atoms with E-state index in [9.17, 15) is 0 Å². The van der Waals surface area contributed by atoms with Gasteiger partial charge in [0.25, 0.3) is 0 Å². The number of hydrogen-bond donors (Lipinski definition) is 1. The van der Waals surface area contributed by atoms with Gasteiger partial charge in [-0.25, -0.2) is 0 Å². The maximum absolute atomic E-state index is 8.68. The average Bonchev–Trinajstić information content (AvgIpc) is 2.86. The molecule has 1 aromatic carbocycles. The Morgan fingerprint density at radius 1 is 1.20 bits per heavy atom. The fourth-order valence-corrected chi connectivity index (χ4v) is 2.89. The molecule has 104 valence electrons. The molecule has 0 amide bonds. The molecule has 0 radical (unpaired) electrons. The lowest BCUT2D eigenvalue weighted by Crippen LogP contribution is -2.16. The number of thiophene rings is 1. The molecule has 2 aromatic rings. The van der Waals surface area contributed by atoms with E-state index in [0.717, 1.165) is 18.7 Å². The van der Waals surface area contributed by atoms with E-state index in [-0.39, 0.29) is 6.61 Å². The number of aryl methyl sites for hydroxylation is 1. The minimum atomic E-state index is -0.0848. The Kier molecular flexibility index (Phi) is 5.37. The van der Waals surface area contributed by atoms with Crippen LogP contribution in [0.3, 0.4) is 0 Å². The fraction of sp³-hybridized carbons (Fsp3) is 0.294. The van der Waals surface area contributed by atoms with Gasteiger partial charge in [-0.15, -0.1) is 11.3 Å². The maximum Gasteiger partial charge on any atom is 0.104 e. The summed E-state index contributed by atoms with van der Waals surface area (Å²) in [6, 6.07) is 10.8. The van der Waals surface area contributed by atoms with Crippen molar-refractivity contribution in [1.29, 1.82) is 0 Å². The molecule has 0 bridgehead atoms. The number of aliphatic hydroxyl groups is 1. The molecule has 1 aromatic heterocycles. The highest BCUT2D eigenvalue weighted by Gasteiger charge is 2.04. The van der Waals surface area contributed by atoms with Crippen LogP contribution in [0.25, 0.3) is 0 Å². The molecule has 0 saturated heterocycles. The van der Waals surface area contributed by atoms with Crippen molar-refractivity contribution in [3.05, 3.63) is 57.3 Å². The van der Waals surface area contributed by atoms with Gasteiger partial charge in [0.05, 0.1) is 0 Å². The van der Waals surface area contributed by atoms with Gasteiger partial charge in [-0.3, -0.25) is 4.90 Å². The normalized spacial score (nSPS) is 10.4. The summed E-state index contributed by atoms with van der Waals surface area (Å²) in [5.41, 5.74) is 3.61. The van der Waals surface area contributed by atoms with Crippen LogP contribution in [-0.4, -0.2) is 23.7 Å². The lowest BCUT2D eigenvalue weighted by Gasteiger charge is -2.15. The molecular formula is C17H19NOS. The molecule has 0 unspecified atom stereocenters. The maximum atomic E-state index is 8.68. The van der Waals surface area contributed by atoms with Crippen LogP contribution < -0.4 is 0 Å². The van der Waals surface area contributed by atoms with Crippen molar-refractivity contribution in [3.8, 4) is 11.8 Å². The van der Waals surface area contributed by atoms with Gasteiger partial charge in [-0.05, 0) is 25.6 Å². The number of aliphatic hydroxyl groups excluding tert-OH is 1.